The first-order chi connectivity index (χ1) is 17.3. The summed E-state index contributed by atoms with van der Waals surface area (Å²) in [5.74, 6) is 0. The number of rotatable bonds is 7. The SMILES string of the molecule is S=C1N[C@H](c2ccccn2)[C@@H](c2cccn2-c2nc3ccccc3s2)N1CCCN1CCOCC1. The van der Waals surface area contributed by atoms with E-state index in [-0.39, 0.29) is 12.1 Å². The van der Waals surface area contributed by atoms with Crippen LogP contribution in [0, 0.1) is 0 Å². The van der Waals surface area contributed by atoms with Crippen molar-refractivity contribution >= 4 is 38.9 Å². The quantitative estimate of drug-likeness (QED) is 0.379. The Morgan fingerprint density at radius 2 is 1.89 bits per heavy atom. The molecule has 2 fully saturated rings. The lowest BCUT2D eigenvalue weighted by Gasteiger charge is -2.30. The van der Waals surface area contributed by atoms with E-state index in [0.29, 0.717) is 0 Å². The molecule has 6 rings (SSSR count). The maximum absolute atomic E-state index is 5.88. The predicted octanol–water partition coefficient (Wildman–Crippen LogP) is 4.18. The van der Waals surface area contributed by atoms with Crippen LogP contribution in [-0.2, 0) is 4.74 Å². The molecule has 0 aliphatic carbocycles. The number of fused-ring (bicyclic) bond motifs is 1. The number of ether oxygens (including phenoxy) is 1. The van der Waals surface area contributed by atoms with E-state index in [4.69, 9.17) is 21.9 Å². The molecule has 7 nitrogen and oxygen atoms in total. The van der Waals surface area contributed by atoms with Gasteiger partial charge in [-0.15, -0.1) is 0 Å². The molecule has 2 atom stereocenters. The lowest BCUT2D eigenvalue weighted by Crippen LogP contribution is -2.39. The molecule has 1 aromatic carbocycles. The minimum Gasteiger partial charge on any atom is -0.379 e. The summed E-state index contributed by atoms with van der Waals surface area (Å²) in [5, 5.41) is 5.33. The monoisotopic (exact) mass is 504 g/mol. The van der Waals surface area contributed by atoms with Gasteiger partial charge in [-0.3, -0.25) is 14.5 Å². The highest BCUT2D eigenvalue weighted by atomic mass is 32.1. The topological polar surface area (TPSA) is 58.5 Å². The van der Waals surface area contributed by atoms with Crippen LogP contribution in [0.25, 0.3) is 15.3 Å². The number of aromatic nitrogens is 3. The number of hydrogen-bond donors (Lipinski definition) is 1. The highest BCUT2D eigenvalue weighted by molar-refractivity contribution is 7.80. The van der Waals surface area contributed by atoms with E-state index in [0.717, 1.165) is 67.3 Å². The number of para-hydroxylation sites is 1. The van der Waals surface area contributed by atoms with Crippen LogP contribution in [-0.4, -0.2) is 68.8 Å². The fraction of sp³-hybridized carbons (Fsp3) is 0.346. The summed E-state index contributed by atoms with van der Waals surface area (Å²) in [6.07, 6.45) is 5.00. The molecule has 2 aliphatic rings. The van der Waals surface area contributed by atoms with E-state index < -0.39 is 0 Å². The summed E-state index contributed by atoms with van der Waals surface area (Å²) in [6.45, 7) is 5.57. The zero-order chi connectivity index (χ0) is 23.6. The molecule has 2 aliphatic heterocycles. The largest absolute Gasteiger partial charge is 0.379 e. The lowest BCUT2D eigenvalue weighted by molar-refractivity contribution is 0.0365. The summed E-state index contributed by atoms with van der Waals surface area (Å²) in [4.78, 5) is 14.4. The van der Waals surface area contributed by atoms with E-state index in [9.17, 15) is 0 Å². The fourth-order valence-electron chi connectivity index (χ4n) is 5.03. The van der Waals surface area contributed by atoms with Crippen LogP contribution in [0.5, 0.6) is 0 Å². The molecule has 9 heteroatoms. The number of pyridine rings is 1. The first-order valence-electron chi connectivity index (χ1n) is 12.1. The molecule has 35 heavy (non-hydrogen) atoms. The lowest BCUT2D eigenvalue weighted by atomic mass is 10.0. The van der Waals surface area contributed by atoms with Crippen LogP contribution in [0.1, 0.15) is 29.9 Å². The third-order valence-corrected chi connectivity index (χ3v) is 8.13. The van der Waals surface area contributed by atoms with Crippen molar-refractivity contribution in [2.45, 2.75) is 18.5 Å². The Balaban J connectivity index is 1.33. The number of nitrogens with one attached hydrogen (secondary N) is 1. The average molecular weight is 505 g/mol. The van der Waals surface area contributed by atoms with Crippen molar-refractivity contribution < 1.29 is 4.74 Å². The van der Waals surface area contributed by atoms with Gasteiger partial charge in [0.2, 0.25) is 0 Å². The molecule has 1 N–H and O–H groups in total. The molecule has 0 spiro atoms. The molecule has 0 radical (unpaired) electrons. The zero-order valence-corrected chi connectivity index (χ0v) is 21.0. The van der Waals surface area contributed by atoms with Gasteiger partial charge in [-0.2, -0.15) is 0 Å². The Morgan fingerprint density at radius 3 is 2.71 bits per heavy atom. The first kappa shape index (κ1) is 22.6. The minimum atomic E-state index is -0.0323. The highest BCUT2D eigenvalue weighted by Gasteiger charge is 2.41. The van der Waals surface area contributed by atoms with Crippen LogP contribution < -0.4 is 5.32 Å². The molecule has 0 amide bonds. The van der Waals surface area contributed by atoms with Gasteiger partial charge in [-0.05, 0) is 55.0 Å². The fourth-order valence-corrected chi connectivity index (χ4v) is 6.33. The second-order valence-corrected chi connectivity index (χ2v) is 10.3. The molecule has 180 valence electrons. The number of hydrogen-bond acceptors (Lipinski definition) is 6. The van der Waals surface area contributed by atoms with Gasteiger partial charge in [-0.1, -0.05) is 29.5 Å². The normalized spacial score (nSPS) is 21.0. The van der Waals surface area contributed by atoms with Crippen molar-refractivity contribution in [2.75, 3.05) is 39.4 Å². The average Bonchev–Trinajstić information content (AvgIpc) is 3.62. The number of morpholine rings is 1. The molecule has 0 bridgehead atoms. The van der Waals surface area contributed by atoms with E-state index in [1.165, 1.54) is 10.4 Å². The van der Waals surface area contributed by atoms with Crippen LogP contribution in [0.15, 0.2) is 67.0 Å². The van der Waals surface area contributed by atoms with Crippen molar-refractivity contribution in [2.24, 2.45) is 0 Å². The summed E-state index contributed by atoms with van der Waals surface area (Å²) in [7, 11) is 0. The maximum Gasteiger partial charge on any atom is 0.194 e. The van der Waals surface area contributed by atoms with Crippen molar-refractivity contribution in [3.8, 4) is 5.13 Å². The van der Waals surface area contributed by atoms with Crippen LogP contribution >= 0.6 is 23.6 Å². The maximum atomic E-state index is 5.88. The Morgan fingerprint density at radius 1 is 1.03 bits per heavy atom. The van der Waals surface area contributed by atoms with Gasteiger partial charge in [0.1, 0.15) is 0 Å². The van der Waals surface area contributed by atoms with Crippen LogP contribution in [0.3, 0.4) is 0 Å². The summed E-state index contributed by atoms with van der Waals surface area (Å²) < 4.78 is 8.91. The second-order valence-electron chi connectivity index (χ2n) is 8.89. The highest BCUT2D eigenvalue weighted by Crippen LogP contribution is 2.40. The molecular weight excluding hydrogens is 476 g/mol. The van der Waals surface area contributed by atoms with Crippen molar-refractivity contribution in [3.63, 3.8) is 0 Å². The van der Waals surface area contributed by atoms with Gasteiger partial charge in [0, 0.05) is 38.6 Å². The molecule has 0 saturated carbocycles. The van der Waals surface area contributed by atoms with Gasteiger partial charge >= 0.3 is 0 Å². The number of thiocarbonyl (C=S) groups is 1. The molecule has 5 heterocycles. The first-order valence-corrected chi connectivity index (χ1v) is 13.3. The van der Waals surface area contributed by atoms with Crippen LogP contribution in [0.4, 0.5) is 0 Å². The third-order valence-electron chi connectivity index (χ3n) is 6.75. The Labute approximate surface area is 214 Å². The molecule has 0 unspecified atom stereocenters. The standard InChI is InChI=1S/C26H28N6OS2/c34-25-29-23(20-8-3-4-11-27-20)24(32(25)14-6-12-30-15-17-33-18-16-30)21-9-5-13-31(21)26-28-19-7-1-2-10-22(19)35-26/h1-5,7-11,13,23-24H,6,12,14-18H2,(H,29,34)/t23-,24-/m1/s1. The Kier molecular flexibility index (Phi) is 6.47. The van der Waals surface area contributed by atoms with Crippen molar-refractivity contribution in [3.05, 3.63) is 78.4 Å². The van der Waals surface area contributed by atoms with E-state index >= 15 is 0 Å². The third kappa shape index (κ3) is 4.56. The number of nitrogens with zero attached hydrogens (tertiary/aromatic N) is 5. The van der Waals surface area contributed by atoms with Gasteiger partial charge in [0.15, 0.2) is 10.2 Å². The molecule has 3 aromatic heterocycles. The summed E-state index contributed by atoms with van der Waals surface area (Å²) >= 11 is 7.59. The smallest absolute Gasteiger partial charge is 0.194 e. The molecule has 2 saturated heterocycles. The predicted molar refractivity (Wildman–Crippen MR) is 143 cm³/mol. The van der Waals surface area contributed by atoms with Crippen LogP contribution in [0.2, 0.25) is 0 Å². The summed E-state index contributed by atoms with van der Waals surface area (Å²) in [6, 6.07) is 18.6. The zero-order valence-electron chi connectivity index (χ0n) is 19.4. The van der Waals surface area contributed by atoms with E-state index in [1.807, 2.05) is 24.4 Å². The second kappa shape index (κ2) is 10.0. The van der Waals surface area contributed by atoms with Gasteiger partial charge in [0.25, 0.3) is 0 Å². The number of benzene rings is 1. The summed E-state index contributed by atoms with van der Waals surface area (Å²) in [5.41, 5.74) is 3.18. The van der Waals surface area contributed by atoms with Gasteiger partial charge in [-0.25, -0.2) is 4.98 Å². The molecular formula is C26H28N6OS2. The number of thiazole rings is 1. The van der Waals surface area contributed by atoms with Gasteiger partial charge in [0.05, 0.1) is 46.9 Å². The Bertz CT molecular complexity index is 1270. The molecule has 4 aromatic rings. The Hall–Kier alpha value is -2.85. The van der Waals surface area contributed by atoms with Gasteiger partial charge < -0.3 is 15.0 Å². The van der Waals surface area contributed by atoms with Crippen molar-refractivity contribution in [1.29, 1.82) is 0 Å². The van der Waals surface area contributed by atoms with E-state index in [1.54, 1.807) is 11.3 Å². The van der Waals surface area contributed by atoms with Crippen molar-refractivity contribution in [1.82, 2.24) is 29.7 Å². The minimum absolute atomic E-state index is 0.0177. The van der Waals surface area contributed by atoms with E-state index in [2.05, 4.69) is 67.3 Å².